The zero-order valence-corrected chi connectivity index (χ0v) is 7.70. The maximum Gasteiger partial charge on any atom is 0.0406 e. The van der Waals surface area contributed by atoms with E-state index in [4.69, 9.17) is 0 Å². The van der Waals surface area contributed by atoms with Crippen LogP contribution >= 0.6 is 0 Å². The third-order valence-corrected chi connectivity index (χ3v) is 1.78. The Morgan fingerprint density at radius 3 is 2.92 bits per heavy atom. The van der Waals surface area contributed by atoms with Crippen molar-refractivity contribution in [1.29, 1.82) is 0 Å². The molecule has 12 heavy (non-hydrogen) atoms. The highest BCUT2D eigenvalue weighted by molar-refractivity contribution is 5.47. The predicted octanol–water partition coefficient (Wildman–Crippen LogP) is 3.10. The maximum atomic E-state index is 2.21. The number of aryl methyl sites for hydroxylation is 1. The van der Waals surface area contributed by atoms with Crippen molar-refractivity contribution < 1.29 is 0 Å². The standard InChI is InChI=1S/C11H15N/c1-3-5-6-8-11-9-7-10-12(11)4-2/h3,5-10H,4H2,1-2H3. The van der Waals surface area contributed by atoms with Crippen LogP contribution in [0.4, 0.5) is 0 Å². The van der Waals surface area contributed by atoms with Crippen molar-refractivity contribution in [2.24, 2.45) is 0 Å². The summed E-state index contributed by atoms with van der Waals surface area (Å²) in [5, 5.41) is 0. The van der Waals surface area contributed by atoms with Crippen LogP contribution < -0.4 is 0 Å². The van der Waals surface area contributed by atoms with Crippen molar-refractivity contribution in [3.8, 4) is 0 Å². The number of allylic oxidation sites excluding steroid dienone is 3. The number of aromatic nitrogens is 1. The molecule has 0 radical (unpaired) electrons. The lowest BCUT2D eigenvalue weighted by Crippen LogP contribution is -1.92. The van der Waals surface area contributed by atoms with Crippen molar-refractivity contribution in [3.05, 3.63) is 42.3 Å². The molecule has 0 bridgehead atoms. The Morgan fingerprint density at radius 2 is 2.25 bits per heavy atom. The van der Waals surface area contributed by atoms with Gasteiger partial charge in [-0.2, -0.15) is 0 Å². The molecule has 1 nitrogen and oxygen atoms in total. The number of nitrogens with zero attached hydrogens (tertiary/aromatic N) is 1. The molecule has 0 saturated carbocycles. The van der Waals surface area contributed by atoms with E-state index in [2.05, 4.69) is 42.0 Å². The number of rotatable bonds is 3. The van der Waals surface area contributed by atoms with E-state index in [1.807, 2.05) is 19.1 Å². The zero-order chi connectivity index (χ0) is 8.81. The van der Waals surface area contributed by atoms with Crippen LogP contribution in [-0.2, 0) is 6.54 Å². The van der Waals surface area contributed by atoms with Crippen LogP contribution in [0.1, 0.15) is 19.5 Å². The monoisotopic (exact) mass is 161 g/mol. The van der Waals surface area contributed by atoms with Gasteiger partial charge in [-0.1, -0.05) is 18.2 Å². The predicted molar refractivity (Wildman–Crippen MR) is 54.0 cm³/mol. The first kappa shape index (κ1) is 8.85. The molecule has 0 fully saturated rings. The van der Waals surface area contributed by atoms with Gasteiger partial charge < -0.3 is 4.57 Å². The van der Waals surface area contributed by atoms with Crippen molar-refractivity contribution in [2.45, 2.75) is 20.4 Å². The fourth-order valence-electron chi connectivity index (χ4n) is 1.13. The van der Waals surface area contributed by atoms with Crippen LogP contribution in [0.25, 0.3) is 6.08 Å². The van der Waals surface area contributed by atoms with Crippen molar-refractivity contribution >= 4 is 6.08 Å². The summed E-state index contributed by atoms with van der Waals surface area (Å²) >= 11 is 0. The summed E-state index contributed by atoms with van der Waals surface area (Å²) in [4.78, 5) is 0. The van der Waals surface area contributed by atoms with Crippen LogP contribution in [0, 0.1) is 0 Å². The average Bonchev–Trinajstić information content (AvgIpc) is 2.52. The molecule has 0 N–H and O–H groups in total. The van der Waals surface area contributed by atoms with Gasteiger partial charge in [0.25, 0.3) is 0 Å². The Bertz CT molecular complexity index is 279. The molecule has 0 aliphatic carbocycles. The fraction of sp³-hybridized carbons (Fsp3) is 0.273. The minimum atomic E-state index is 1.03. The molecule has 64 valence electrons. The number of hydrogen-bond acceptors (Lipinski definition) is 0. The minimum absolute atomic E-state index is 1.03. The van der Waals surface area contributed by atoms with Gasteiger partial charge in [-0.15, -0.1) is 0 Å². The first-order valence-electron chi connectivity index (χ1n) is 4.33. The van der Waals surface area contributed by atoms with E-state index >= 15 is 0 Å². The van der Waals surface area contributed by atoms with Gasteiger partial charge in [-0.3, -0.25) is 0 Å². The average molecular weight is 161 g/mol. The molecular weight excluding hydrogens is 146 g/mol. The Balaban J connectivity index is 2.74. The molecular formula is C11H15N. The smallest absolute Gasteiger partial charge is 0.0406 e. The molecule has 0 spiro atoms. The van der Waals surface area contributed by atoms with Gasteiger partial charge in [0, 0.05) is 18.4 Å². The van der Waals surface area contributed by atoms with Gasteiger partial charge in [-0.25, -0.2) is 0 Å². The third kappa shape index (κ3) is 2.12. The van der Waals surface area contributed by atoms with Crippen LogP contribution in [0.3, 0.4) is 0 Å². The lowest BCUT2D eigenvalue weighted by molar-refractivity contribution is 0.761. The van der Waals surface area contributed by atoms with Crippen molar-refractivity contribution in [3.63, 3.8) is 0 Å². The van der Waals surface area contributed by atoms with E-state index in [9.17, 15) is 0 Å². The Hall–Kier alpha value is -1.24. The fourth-order valence-corrected chi connectivity index (χ4v) is 1.13. The van der Waals surface area contributed by atoms with Gasteiger partial charge in [0.1, 0.15) is 0 Å². The topological polar surface area (TPSA) is 4.93 Å². The lowest BCUT2D eigenvalue weighted by atomic mass is 10.3. The molecule has 1 rings (SSSR count). The molecule has 0 atom stereocenters. The van der Waals surface area contributed by atoms with Crippen molar-refractivity contribution in [2.75, 3.05) is 0 Å². The van der Waals surface area contributed by atoms with E-state index in [-0.39, 0.29) is 0 Å². The van der Waals surface area contributed by atoms with Gasteiger partial charge in [0.2, 0.25) is 0 Å². The minimum Gasteiger partial charge on any atom is -0.348 e. The summed E-state index contributed by atoms with van der Waals surface area (Å²) < 4.78 is 2.21. The third-order valence-electron chi connectivity index (χ3n) is 1.78. The van der Waals surface area contributed by atoms with Gasteiger partial charge in [0.05, 0.1) is 0 Å². The summed E-state index contributed by atoms with van der Waals surface area (Å²) in [6.45, 7) is 5.19. The van der Waals surface area contributed by atoms with Crippen molar-refractivity contribution in [1.82, 2.24) is 4.57 Å². The summed E-state index contributed by atoms with van der Waals surface area (Å²) in [7, 11) is 0. The van der Waals surface area contributed by atoms with Crippen LogP contribution in [0.2, 0.25) is 0 Å². The SMILES string of the molecule is CC=CC=Cc1cccn1CC. The second-order valence-electron chi connectivity index (χ2n) is 2.60. The first-order valence-corrected chi connectivity index (χ1v) is 4.33. The molecule has 0 aromatic carbocycles. The van der Waals surface area contributed by atoms with E-state index in [1.165, 1.54) is 5.69 Å². The molecule has 0 saturated heterocycles. The Labute approximate surface area is 74.0 Å². The molecule has 1 aromatic rings. The second-order valence-corrected chi connectivity index (χ2v) is 2.60. The highest BCUT2D eigenvalue weighted by Crippen LogP contribution is 2.04. The lowest BCUT2D eigenvalue weighted by Gasteiger charge is -1.99. The normalized spacial score (nSPS) is 11.8. The largest absolute Gasteiger partial charge is 0.348 e. The van der Waals surface area contributed by atoms with Crippen LogP contribution in [0.5, 0.6) is 0 Å². The van der Waals surface area contributed by atoms with E-state index < -0.39 is 0 Å². The van der Waals surface area contributed by atoms with E-state index in [1.54, 1.807) is 0 Å². The van der Waals surface area contributed by atoms with Gasteiger partial charge >= 0.3 is 0 Å². The molecule has 1 heteroatoms. The number of hydrogen-bond donors (Lipinski definition) is 0. The molecule has 0 unspecified atom stereocenters. The quantitative estimate of drug-likeness (QED) is 0.600. The van der Waals surface area contributed by atoms with E-state index in [0.29, 0.717) is 0 Å². The van der Waals surface area contributed by atoms with Gasteiger partial charge in [-0.05, 0) is 32.1 Å². The maximum absolute atomic E-state index is 2.21. The Kier molecular flexibility index (Phi) is 3.39. The molecule has 1 aromatic heterocycles. The highest BCUT2D eigenvalue weighted by atomic mass is 14.9. The zero-order valence-electron chi connectivity index (χ0n) is 7.70. The molecule has 1 heterocycles. The Morgan fingerprint density at radius 1 is 1.42 bits per heavy atom. The molecule has 0 aliphatic heterocycles. The summed E-state index contributed by atoms with van der Waals surface area (Å²) in [6, 6.07) is 4.18. The summed E-state index contributed by atoms with van der Waals surface area (Å²) in [5.41, 5.74) is 1.26. The molecule has 0 aliphatic rings. The van der Waals surface area contributed by atoms with Crippen LogP contribution in [0.15, 0.2) is 36.6 Å². The van der Waals surface area contributed by atoms with Gasteiger partial charge in [0.15, 0.2) is 0 Å². The summed E-state index contributed by atoms with van der Waals surface area (Å²) in [6.07, 6.45) is 10.3. The van der Waals surface area contributed by atoms with Crippen LogP contribution in [-0.4, -0.2) is 4.57 Å². The summed E-state index contributed by atoms with van der Waals surface area (Å²) in [5.74, 6) is 0. The second kappa shape index (κ2) is 4.60. The first-order chi connectivity index (χ1) is 5.88. The van der Waals surface area contributed by atoms with E-state index in [0.717, 1.165) is 6.54 Å². The molecule has 0 amide bonds. The highest BCUT2D eigenvalue weighted by Gasteiger charge is 1.91.